The lowest BCUT2D eigenvalue weighted by Gasteiger charge is -2.15. The molecule has 0 unspecified atom stereocenters. The topological polar surface area (TPSA) is 103 Å². The Labute approximate surface area is 188 Å². The molecule has 0 atom stereocenters. The Hall–Kier alpha value is -3.15. The number of fused-ring (bicyclic) bond motifs is 1. The number of aromatic nitrogens is 3. The molecule has 0 bridgehead atoms. The number of rotatable bonds is 6. The van der Waals surface area contributed by atoms with Gasteiger partial charge in [-0.05, 0) is 44.0 Å². The molecule has 0 spiro atoms. The second-order valence-electron chi connectivity index (χ2n) is 7.93. The summed E-state index contributed by atoms with van der Waals surface area (Å²) >= 11 is 0. The van der Waals surface area contributed by atoms with Crippen molar-refractivity contribution < 1.29 is 31.1 Å². The quantitative estimate of drug-likeness (QED) is 0.545. The molecule has 2 aromatic heterocycles. The molecule has 0 saturated carbocycles. The van der Waals surface area contributed by atoms with Crippen LogP contribution in [-0.4, -0.2) is 41.7 Å². The maximum atomic E-state index is 13.2. The van der Waals surface area contributed by atoms with Gasteiger partial charge in [0.2, 0.25) is 0 Å². The molecule has 0 aliphatic rings. The molecular weight excluding hydrogens is 461 g/mol. The van der Waals surface area contributed by atoms with Crippen LogP contribution in [0.5, 0.6) is 5.75 Å². The van der Waals surface area contributed by atoms with Gasteiger partial charge in [-0.3, -0.25) is 4.79 Å². The third kappa shape index (κ3) is 4.52. The summed E-state index contributed by atoms with van der Waals surface area (Å²) in [4.78, 5) is 16.8. The molecule has 1 amide bonds. The SMILES string of the molecule is COc1ccc(S(=O)(=O)C(F)(F)F)cc1NC(=O)c1cc(C(C)C)nc2c1cnn2C(C)C. The molecule has 0 aliphatic carbocycles. The van der Waals surface area contributed by atoms with Gasteiger partial charge in [-0.1, -0.05) is 13.8 Å². The monoisotopic (exact) mass is 484 g/mol. The summed E-state index contributed by atoms with van der Waals surface area (Å²) in [7, 11) is -4.37. The summed E-state index contributed by atoms with van der Waals surface area (Å²) in [6, 6.07) is 4.09. The molecule has 33 heavy (non-hydrogen) atoms. The molecule has 2 heterocycles. The summed E-state index contributed by atoms with van der Waals surface area (Å²) in [6.07, 6.45) is 1.49. The minimum Gasteiger partial charge on any atom is -0.495 e. The van der Waals surface area contributed by atoms with Crippen LogP contribution < -0.4 is 10.1 Å². The van der Waals surface area contributed by atoms with E-state index < -0.39 is 26.1 Å². The highest BCUT2D eigenvalue weighted by molar-refractivity contribution is 7.92. The van der Waals surface area contributed by atoms with Crippen molar-refractivity contribution in [2.45, 2.75) is 50.1 Å². The van der Waals surface area contributed by atoms with Crippen LogP contribution in [0, 0.1) is 0 Å². The van der Waals surface area contributed by atoms with Gasteiger partial charge in [0.15, 0.2) is 5.65 Å². The molecule has 0 saturated heterocycles. The first-order valence-electron chi connectivity index (χ1n) is 9.96. The van der Waals surface area contributed by atoms with Crippen molar-refractivity contribution >= 4 is 32.5 Å². The van der Waals surface area contributed by atoms with E-state index in [9.17, 15) is 26.4 Å². The van der Waals surface area contributed by atoms with Gasteiger partial charge >= 0.3 is 5.51 Å². The number of hydrogen-bond acceptors (Lipinski definition) is 6. The smallest absolute Gasteiger partial charge is 0.495 e. The zero-order chi connectivity index (χ0) is 24.7. The summed E-state index contributed by atoms with van der Waals surface area (Å²) in [5, 5.41) is 7.22. The number of carbonyl (C=O) groups excluding carboxylic acids is 1. The van der Waals surface area contributed by atoms with E-state index in [4.69, 9.17) is 4.74 Å². The highest BCUT2D eigenvalue weighted by atomic mass is 32.2. The third-order valence-corrected chi connectivity index (χ3v) is 6.43. The molecule has 1 N–H and O–H groups in total. The summed E-state index contributed by atoms with van der Waals surface area (Å²) < 4.78 is 69.4. The average molecular weight is 485 g/mol. The zero-order valence-corrected chi connectivity index (χ0v) is 19.4. The molecule has 3 aromatic rings. The Morgan fingerprint density at radius 3 is 2.36 bits per heavy atom. The van der Waals surface area contributed by atoms with Crippen LogP contribution in [0.25, 0.3) is 11.0 Å². The van der Waals surface area contributed by atoms with Crippen molar-refractivity contribution in [2.24, 2.45) is 0 Å². The molecule has 0 aliphatic heterocycles. The van der Waals surface area contributed by atoms with Crippen molar-refractivity contribution in [3.8, 4) is 5.75 Å². The first kappa shape index (κ1) is 24.5. The van der Waals surface area contributed by atoms with Crippen molar-refractivity contribution in [1.29, 1.82) is 0 Å². The van der Waals surface area contributed by atoms with E-state index in [1.54, 1.807) is 10.7 Å². The van der Waals surface area contributed by atoms with Crippen molar-refractivity contribution in [1.82, 2.24) is 14.8 Å². The first-order chi connectivity index (χ1) is 15.3. The predicted octanol–water partition coefficient (Wildman–Crippen LogP) is 4.69. The van der Waals surface area contributed by atoms with Crippen molar-refractivity contribution in [3.05, 3.63) is 41.7 Å². The van der Waals surface area contributed by atoms with Gasteiger partial charge in [-0.25, -0.2) is 18.1 Å². The van der Waals surface area contributed by atoms with Gasteiger partial charge in [0.05, 0.1) is 34.8 Å². The Kier molecular flexibility index (Phi) is 6.42. The number of sulfone groups is 1. The Morgan fingerprint density at radius 2 is 1.82 bits per heavy atom. The highest BCUT2D eigenvalue weighted by Crippen LogP contribution is 2.35. The van der Waals surface area contributed by atoms with Crippen molar-refractivity contribution in [3.63, 3.8) is 0 Å². The van der Waals surface area contributed by atoms with Gasteiger partial charge in [0, 0.05) is 11.7 Å². The van der Waals surface area contributed by atoms with E-state index in [1.165, 1.54) is 13.3 Å². The molecule has 178 valence electrons. The number of ether oxygens (including phenoxy) is 1. The summed E-state index contributed by atoms with van der Waals surface area (Å²) in [5.41, 5.74) is -4.41. The predicted molar refractivity (Wildman–Crippen MR) is 116 cm³/mol. The number of hydrogen-bond donors (Lipinski definition) is 1. The van der Waals surface area contributed by atoms with Crippen LogP contribution in [0.1, 0.15) is 55.7 Å². The van der Waals surface area contributed by atoms with Gasteiger partial charge in [-0.2, -0.15) is 18.3 Å². The van der Waals surface area contributed by atoms with E-state index in [0.29, 0.717) is 16.7 Å². The molecule has 0 fully saturated rings. The van der Waals surface area contributed by atoms with E-state index in [-0.39, 0.29) is 29.0 Å². The lowest BCUT2D eigenvalue weighted by molar-refractivity contribution is -0.0436. The normalized spacial score (nSPS) is 12.5. The lowest BCUT2D eigenvalue weighted by atomic mass is 10.0. The number of amides is 1. The van der Waals surface area contributed by atoms with E-state index in [0.717, 1.165) is 18.2 Å². The third-order valence-electron chi connectivity index (χ3n) is 4.95. The van der Waals surface area contributed by atoms with Crippen molar-refractivity contribution in [2.75, 3.05) is 12.4 Å². The number of alkyl halides is 3. The van der Waals surface area contributed by atoms with Crippen LogP contribution in [0.15, 0.2) is 35.4 Å². The largest absolute Gasteiger partial charge is 0.501 e. The molecule has 3 rings (SSSR count). The lowest BCUT2D eigenvalue weighted by Crippen LogP contribution is -2.23. The van der Waals surface area contributed by atoms with Gasteiger partial charge in [0.1, 0.15) is 5.75 Å². The fraction of sp³-hybridized carbons (Fsp3) is 0.381. The fourth-order valence-electron chi connectivity index (χ4n) is 3.17. The maximum Gasteiger partial charge on any atom is 0.501 e. The van der Waals surface area contributed by atoms with Gasteiger partial charge in [0.25, 0.3) is 15.7 Å². The number of nitrogens with one attached hydrogen (secondary N) is 1. The number of benzene rings is 1. The minimum absolute atomic E-state index is 0.00302. The standard InChI is InChI=1S/C21H23F3N4O4S/c1-11(2)16-9-14(15-10-25-28(12(3)4)19(15)26-16)20(29)27-17-8-13(6-7-18(17)32-5)33(30,31)21(22,23)24/h6-12H,1-5H3,(H,27,29). The first-order valence-corrected chi connectivity index (χ1v) is 11.4. The Morgan fingerprint density at radius 1 is 1.15 bits per heavy atom. The molecule has 8 nitrogen and oxygen atoms in total. The van der Waals surface area contributed by atoms with Crippen LogP contribution >= 0.6 is 0 Å². The number of carbonyl (C=O) groups is 1. The van der Waals surface area contributed by atoms with E-state index in [2.05, 4.69) is 15.4 Å². The second kappa shape index (κ2) is 8.65. The number of anilines is 1. The number of methoxy groups -OCH3 is 1. The second-order valence-corrected chi connectivity index (χ2v) is 9.88. The molecule has 0 radical (unpaired) electrons. The van der Waals surface area contributed by atoms with E-state index in [1.807, 2.05) is 27.7 Å². The summed E-state index contributed by atoms with van der Waals surface area (Å²) in [5.74, 6) is -0.699. The maximum absolute atomic E-state index is 13.2. The van der Waals surface area contributed by atoms with Crippen LogP contribution in [0.2, 0.25) is 0 Å². The fourth-order valence-corrected chi connectivity index (χ4v) is 3.96. The Balaban J connectivity index is 2.12. The van der Waals surface area contributed by atoms with E-state index >= 15 is 0 Å². The average Bonchev–Trinajstić information content (AvgIpc) is 3.16. The van der Waals surface area contributed by atoms with Crippen LogP contribution in [-0.2, 0) is 9.84 Å². The Bertz CT molecular complexity index is 1320. The number of halogens is 3. The van der Waals surface area contributed by atoms with Crippen LogP contribution in [0.4, 0.5) is 18.9 Å². The molecular formula is C21H23F3N4O4S. The minimum atomic E-state index is -5.61. The number of nitrogens with zero attached hydrogens (tertiary/aromatic N) is 3. The van der Waals surface area contributed by atoms with Crippen LogP contribution in [0.3, 0.4) is 0 Å². The van der Waals surface area contributed by atoms with Gasteiger partial charge < -0.3 is 10.1 Å². The molecule has 1 aromatic carbocycles. The highest BCUT2D eigenvalue weighted by Gasteiger charge is 2.47. The molecule has 12 heteroatoms. The van der Waals surface area contributed by atoms with Gasteiger partial charge in [-0.15, -0.1) is 0 Å². The summed E-state index contributed by atoms with van der Waals surface area (Å²) in [6.45, 7) is 7.63. The zero-order valence-electron chi connectivity index (χ0n) is 18.6. The number of pyridine rings is 1.